The van der Waals surface area contributed by atoms with Gasteiger partial charge in [0.25, 0.3) is 11.8 Å². The number of rotatable bonds is 3. The molecule has 2 N–H and O–H groups in total. The number of fused-ring (bicyclic) bond motifs is 1. The van der Waals surface area contributed by atoms with E-state index in [4.69, 9.17) is 10.2 Å². The van der Waals surface area contributed by atoms with E-state index in [1.54, 1.807) is 36.4 Å². The molecule has 2 aromatic carbocycles. The number of halogens is 5. The van der Waals surface area contributed by atoms with E-state index < -0.39 is 12.1 Å². The van der Waals surface area contributed by atoms with Crippen LogP contribution >= 0.6 is 0 Å². The first-order chi connectivity index (χ1) is 15.5. The summed E-state index contributed by atoms with van der Waals surface area (Å²) in [5, 5.41) is 0.550. The van der Waals surface area contributed by atoms with Gasteiger partial charge >= 0.3 is 6.18 Å². The molecule has 3 aromatic rings. The van der Waals surface area contributed by atoms with E-state index >= 15 is 0 Å². The van der Waals surface area contributed by atoms with Gasteiger partial charge in [0.1, 0.15) is 11.3 Å². The molecule has 1 aliphatic rings. The van der Waals surface area contributed by atoms with Crippen molar-refractivity contribution in [1.29, 1.82) is 0 Å². The highest BCUT2D eigenvalue weighted by atomic mass is 19.4. The summed E-state index contributed by atoms with van der Waals surface area (Å²) in [7, 11) is 0. The standard InChI is InChI=1S/C24H19F5N2O2/c25-23(26)7-9-31(10-8-23)22(32)16-3-1-15(2-4-16)18-11-17(5-6-24(27,28)29)21-19(12-18)13-20(14-30)33-21/h1-4,11-13H,7-10,14,30H2. The Morgan fingerprint density at radius 1 is 1.06 bits per heavy atom. The summed E-state index contributed by atoms with van der Waals surface area (Å²) in [5.74, 6) is 0.700. The Morgan fingerprint density at radius 2 is 1.73 bits per heavy atom. The van der Waals surface area contributed by atoms with Crippen molar-refractivity contribution in [1.82, 2.24) is 4.90 Å². The Bertz CT molecular complexity index is 1240. The highest BCUT2D eigenvalue weighted by Gasteiger charge is 2.35. The highest BCUT2D eigenvalue weighted by Crippen LogP contribution is 2.31. The van der Waals surface area contributed by atoms with Gasteiger partial charge in [-0.1, -0.05) is 18.1 Å². The van der Waals surface area contributed by atoms with Crippen LogP contribution in [0.4, 0.5) is 22.0 Å². The fourth-order valence-electron chi connectivity index (χ4n) is 3.73. The zero-order valence-electron chi connectivity index (χ0n) is 17.3. The average molecular weight is 462 g/mol. The largest absolute Gasteiger partial charge is 0.458 e. The number of nitrogens with zero attached hydrogens (tertiary/aromatic N) is 1. The number of hydrogen-bond acceptors (Lipinski definition) is 3. The molecule has 2 heterocycles. The molecule has 0 atom stereocenters. The second-order valence-corrected chi connectivity index (χ2v) is 7.83. The van der Waals surface area contributed by atoms with Crippen LogP contribution in [0.15, 0.2) is 46.9 Å². The summed E-state index contributed by atoms with van der Waals surface area (Å²) < 4.78 is 70.2. The summed E-state index contributed by atoms with van der Waals surface area (Å²) in [5.41, 5.74) is 7.43. The first-order valence-electron chi connectivity index (χ1n) is 10.2. The molecule has 1 aromatic heterocycles. The van der Waals surface area contributed by atoms with Gasteiger partial charge in [-0.15, -0.1) is 0 Å². The third kappa shape index (κ3) is 5.17. The van der Waals surface area contributed by atoms with Crippen LogP contribution in [0.1, 0.15) is 34.5 Å². The molecule has 0 bridgehead atoms. The van der Waals surface area contributed by atoms with Crippen LogP contribution in [-0.4, -0.2) is 36.0 Å². The molecule has 0 saturated carbocycles. The van der Waals surface area contributed by atoms with Gasteiger partial charge in [0.15, 0.2) is 0 Å². The number of nitrogens with two attached hydrogens (primary N) is 1. The molecular formula is C24H19F5N2O2. The van der Waals surface area contributed by atoms with Gasteiger partial charge < -0.3 is 15.1 Å². The van der Waals surface area contributed by atoms with E-state index in [1.807, 2.05) is 0 Å². The molecule has 1 amide bonds. The molecule has 0 unspecified atom stereocenters. The maximum atomic E-state index is 13.3. The molecule has 9 heteroatoms. The Morgan fingerprint density at radius 3 is 2.33 bits per heavy atom. The van der Waals surface area contributed by atoms with Gasteiger partial charge in [0.2, 0.25) is 0 Å². The maximum Gasteiger partial charge on any atom is 0.458 e. The molecule has 0 spiro atoms. The normalized spacial score (nSPS) is 15.9. The Kier molecular flexibility index (Phi) is 5.89. The molecular weight excluding hydrogens is 443 g/mol. The number of piperidine rings is 1. The Labute approximate surface area is 186 Å². The third-order valence-corrected chi connectivity index (χ3v) is 5.45. The van der Waals surface area contributed by atoms with E-state index in [-0.39, 0.29) is 49.5 Å². The SMILES string of the molecule is NCc1cc2cc(-c3ccc(C(=O)N4CCC(F)(F)CC4)cc3)cc(C#CC(F)(F)F)c2o1. The summed E-state index contributed by atoms with van der Waals surface area (Å²) in [6, 6.07) is 11.3. The van der Waals surface area contributed by atoms with E-state index in [0.29, 0.717) is 27.8 Å². The first-order valence-corrected chi connectivity index (χ1v) is 10.2. The minimum atomic E-state index is -4.66. The highest BCUT2D eigenvalue weighted by molar-refractivity contribution is 5.95. The smallest absolute Gasteiger partial charge is 0.458 e. The van der Waals surface area contributed by atoms with E-state index in [9.17, 15) is 26.7 Å². The van der Waals surface area contributed by atoms with Crippen molar-refractivity contribution in [2.24, 2.45) is 5.73 Å². The minimum Gasteiger partial charge on any atom is -0.458 e. The first kappa shape index (κ1) is 22.8. The van der Waals surface area contributed by atoms with Gasteiger partial charge in [0, 0.05) is 42.8 Å². The average Bonchev–Trinajstić information content (AvgIpc) is 3.20. The van der Waals surface area contributed by atoms with Gasteiger partial charge in [-0.2, -0.15) is 13.2 Å². The number of carbonyl (C=O) groups excluding carboxylic acids is 1. The van der Waals surface area contributed by atoms with E-state index in [1.165, 1.54) is 16.9 Å². The lowest BCUT2D eigenvalue weighted by Gasteiger charge is -2.31. The molecule has 1 saturated heterocycles. The van der Waals surface area contributed by atoms with Crippen molar-refractivity contribution in [2.45, 2.75) is 31.5 Å². The molecule has 4 rings (SSSR count). The zero-order chi connectivity index (χ0) is 23.8. The lowest BCUT2D eigenvalue weighted by molar-refractivity contribution is -0.0697. The van der Waals surface area contributed by atoms with Crippen LogP contribution in [0.5, 0.6) is 0 Å². The topological polar surface area (TPSA) is 59.5 Å². The van der Waals surface area contributed by atoms with E-state index in [2.05, 4.69) is 5.92 Å². The van der Waals surface area contributed by atoms with E-state index in [0.717, 1.165) is 0 Å². The number of hydrogen-bond donors (Lipinski definition) is 1. The molecule has 1 fully saturated rings. The Balaban J connectivity index is 1.64. The number of amides is 1. The van der Waals surface area contributed by atoms with Crippen LogP contribution in [0.2, 0.25) is 0 Å². The van der Waals surface area contributed by atoms with Gasteiger partial charge in [0.05, 0.1) is 12.1 Å². The second kappa shape index (κ2) is 8.52. The minimum absolute atomic E-state index is 0.0184. The van der Waals surface area contributed by atoms with Crippen molar-refractivity contribution in [3.63, 3.8) is 0 Å². The molecule has 33 heavy (non-hydrogen) atoms. The zero-order valence-corrected chi connectivity index (χ0v) is 17.3. The lowest BCUT2D eigenvalue weighted by Crippen LogP contribution is -2.42. The summed E-state index contributed by atoms with van der Waals surface area (Å²) >= 11 is 0. The van der Waals surface area contributed by atoms with Gasteiger partial charge in [-0.05, 0) is 41.5 Å². The van der Waals surface area contributed by atoms with Crippen LogP contribution in [0.3, 0.4) is 0 Å². The molecule has 1 aliphatic heterocycles. The van der Waals surface area contributed by atoms with Crippen molar-refractivity contribution >= 4 is 16.9 Å². The monoisotopic (exact) mass is 462 g/mol. The number of likely N-dealkylation sites (tertiary alicyclic amines) is 1. The summed E-state index contributed by atoms with van der Waals surface area (Å²) in [6.45, 7) is 0.0420. The Hall–Kier alpha value is -3.38. The number of alkyl halides is 5. The van der Waals surface area contributed by atoms with Crippen LogP contribution in [0.25, 0.3) is 22.1 Å². The fourth-order valence-corrected chi connectivity index (χ4v) is 3.73. The van der Waals surface area contributed by atoms with Crippen LogP contribution in [-0.2, 0) is 6.54 Å². The van der Waals surface area contributed by atoms with Crippen molar-refractivity contribution < 1.29 is 31.2 Å². The van der Waals surface area contributed by atoms with Gasteiger partial charge in [-0.25, -0.2) is 8.78 Å². The molecule has 172 valence electrons. The predicted octanol–water partition coefficient (Wildman–Crippen LogP) is 5.34. The molecule has 0 radical (unpaired) electrons. The second-order valence-electron chi connectivity index (χ2n) is 7.83. The van der Waals surface area contributed by atoms with Crippen LogP contribution in [0, 0.1) is 11.8 Å². The third-order valence-electron chi connectivity index (χ3n) is 5.45. The predicted molar refractivity (Wildman–Crippen MR) is 113 cm³/mol. The molecule has 4 nitrogen and oxygen atoms in total. The van der Waals surface area contributed by atoms with Crippen molar-refractivity contribution in [3.8, 4) is 23.0 Å². The van der Waals surface area contributed by atoms with Crippen molar-refractivity contribution in [2.75, 3.05) is 13.1 Å². The summed E-state index contributed by atoms with van der Waals surface area (Å²) in [6.07, 6.45) is -5.39. The molecule has 0 aliphatic carbocycles. The lowest BCUT2D eigenvalue weighted by atomic mass is 9.99. The number of carbonyl (C=O) groups is 1. The van der Waals surface area contributed by atoms with Crippen molar-refractivity contribution in [3.05, 3.63) is 59.4 Å². The van der Waals surface area contributed by atoms with Crippen LogP contribution < -0.4 is 5.73 Å². The number of benzene rings is 2. The van der Waals surface area contributed by atoms with Gasteiger partial charge in [-0.3, -0.25) is 4.79 Å². The maximum absolute atomic E-state index is 13.3. The quantitative estimate of drug-likeness (QED) is 0.422. The fraction of sp³-hybridized carbons (Fsp3) is 0.292. The number of furan rings is 1. The summed E-state index contributed by atoms with van der Waals surface area (Å²) in [4.78, 5) is 14.0.